The summed E-state index contributed by atoms with van der Waals surface area (Å²) in [6, 6.07) is 20.2. The van der Waals surface area contributed by atoms with Crippen molar-refractivity contribution in [3.63, 3.8) is 0 Å². The number of carbonyl (C=O) groups excluding carboxylic acids is 2. The van der Waals surface area contributed by atoms with E-state index in [1.54, 1.807) is 66.7 Å². The molecule has 0 aliphatic heterocycles. The standard InChI is InChI=1S/C23H19ClN2O4/c1-2-29-21-14-16(15-25-26-22(27)17-6-4-3-5-7-17)8-13-20(21)30-23(28)18-9-11-19(24)12-10-18/h3-15H,2H2,1H3,(H,26,27)/b25-15+. The molecule has 0 saturated heterocycles. The van der Waals surface area contributed by atoms with E-state index in [0.29, 0.717) is 34.1 Å². The first kappa shape index (κ1) is 21.1. The zero-order valence-electron chi connectivity index (χ0n) is 16.2. The number of nitrogens with one attached hydrogen (secondary N) is 1. The molecule has 0 bridgehead atoms. The van der Waals surface area contributed by atoms with E-state index in [9.17, 15) is 9.59 Å². The van der Waals surface area contributed by atoms with Crippen molar-refractivity contribution in [1.29, 1.82) is 0 Å². The second-order valence-corrected chi connectivity index (χ2v) is 6.54. The van der Waals surface area contributed by atoms with Gasteiger partial charge < -0.3 is 9.47 Å². The summed E-state index contributed by atoms with van der Waals surface area (Å²) < 4.78 is 11.0. The van der Waals surface area contributed by atoms with Crippen molar-refractivity contribution in [2.24, 2.45) is 5.10 Å². The summed E-state index contributed by atoms with van der Waals surface area (Å²) in [4.78, 5) is 24.4. The average Bonchev–Trinajstić information content (AvgIpc) is 2.76. The van der Waals surface area contributed by atoms with E-state index in [-0.39, 0.29) is 11.7 Å². The Labute approximate surface area is 179 Å². The van der Waals surface area contributed by atoms with Crippen LogP contribution in [0.25, 0.3) is 0 Å². The van der Waals surface area contributed by atoms with Crippen LogP contribution in [-0.4, -0.2) is 24.7 Å². The molecule has 3 aromatic rings. The molecular weight excluding hydrogens is 404 g/mol. The van der Waals surface area contributed by atoms with E-state index in [1.165, 1.54) is 6.21 Å². The lowest BCUT2D eigenvalue weighted by molar-refractivity contribution is 0.0728. The molecule has 1 N–H and O–H groups in total. The Kier molecular flexibility index (Phi) is 7.19. The minimum Gasteiger partial charge on any atom is -0.490 e. The van der Waals surface area contributed by atoms with Gasteiger partial charge in [0.25, 0.3) is 5.91 Å². The molecule has 0 spiro atoms. The van der Waals surface area contributed by atoms with Crippen LogP contribution < -0.4 is 14.9 Å². The molecule has 152 valence electrons. The van der Waals surface area contributed by atoms with Gasteiger partial charge in [-0.05, 0) is 67.1 Å². The lowest BCUT2D eigenvalue weighted by Gasteiger charge is -2.11. The van der Waals surface area contributed by atoms with Gasteiger partial charge in [0, 0.05) is 10.6 Å². The molecule has 0 heterocycles. The van der Waals surface area contributed by atoms with Crippen molar-refractivity contribution in [3.05, 3.63) is 94.5 Å². The van der Waals surface area contributed by atoms with Gasteiger partial charge >= 0.3 is 5.97 Å². The van der Waals surface area contributed by atoms with Gasteiger partial charge in [-0.25, -0.2) is 10.2 Å². The molecule has 0 aliphatic carbocycles. The third kappa shape index (κ3) is 5.68. The van der Waals surface area contributed by atoms with Crippen molar-refractivity contribution in [2.75, 3.05) is 6.61 Å². The predicted octanol–water partition coefficient (Wildman–Crippen LogP) is 4.72. The van der Waals surface area contributed by atoms with E-state index in [4.69, 9.17) is 21.1 Å². The summed E-state index contributed by atoms with van der Waals surface area (Å²) in [6.07, 6.45) is 1.48. The maximum Gasteiger partial charge on any atom is 0.343 e. The Morgan fingerprint density at radius 2 is 1.70 bits per heavy atom. The van der Waals surface area contributed by atoms with Gasteiger partial charge in [0.1, 0.15) is 0 Å². The van der Waals surface area contributed by atoms with Crippen LogP contribution in [0.3, 0.4) is 0 Å². The highest BCUT2D eigenvalue weighted by Crippen LogP contribution is 2.29. The number of nitrogens with zero attached hydrogens (tertiary/aromatic N) is 1. The topological polar surface area (TPSA) is 77.0 Å². The van der Waals surface area contributed by atoms with Crippen molar-refractivity contribution in [2.45, 2.75) is 6.92 Å². The molecular formula is C23H19ClN2O4. The minimum atomic E-state index is -0.524. The average molecular weight is 423 g/mol. The van der Waals surface area contributed by atoms with Gasteiger partial charge in [0.05, 0.1) is 18.4 Å². The number of amides is 1. The molecule has 0 aliphatic rings. The first-order valence-corrected chi connectivity index (χ1v) is 9.57. The molecule has 3 aromatic carbocycles. The molecule has 1 amide bonds. The van der Waals surface area contributed by atoms with Crippen LogP contribution in [0.15, 0.2) is 77.9 Å². The zero-order valence-corrected chi connectivity index (χ0v) is 16.9. The van der Waals surface area contributed by atoms with Crippen LogP contribution in [0.2, 0.25) is 5.02 Å². The van der Waals surface area contributed by atoms with E-state index < -0.39 is 5.97 Å². The van der Waals surface area contributed by atoms with Crippen LogP contribution in [0.5, 0.6) is 11.5 Å². The zero-order chi connectivity index (χ0) is 21.3. The molecule has 7 heteroatoms. The van der Waals surface area contributed by atoms with Crippen molar-refractivity contribution < 1.29 is 19.1 Å². The van der Waals surface area contributed by atoms with Gasteiger partial charge in [0.2, 0.25) is 0 Å². The van der Waals surface area contributed by atoms with Crippen molar-refractivity contribution in [1.82, 2.24) is 5.43 Å². The maximum absolute atomic E-state index is 12.4. The van der Waals surface area contributed by atoms with E-state index in [2.05, 4.69) is 10.5 Å². The quantitative estimate of drug-likeness (QED) is 0.258. The Morgan fingerprint density at radius 1 is 0.967 bits per heavy atom. The van der Waals surface area contributed by atoms with Crippen LogP contribution >= 0.6 is 11.6 Å². The largest absolute Gasteiger partial charge is 0.490 e. The lowest BCUT2D eigenvalue weighted by Crippen LogP contribution is -2.17. The molecule has 0 unspecified atom stereocenters. The molecule has 0 radical (unpaired) electrons. The molecule has 0 atom stereocenters. The number of hydrazone groups is 1. The van der Waals surface area contributed by atoms with Gasteiger partial charge in [-0.2, -0.15) is 5.10 Å². The Morgan fingerprint density at radius 3 is 2.40 bits per heavy atom. The highest BCUT2D eigenvalue weighted by Gasteiger charge is 2.13. The van der Waals surface area contributed by atoms with Crippen LogP contribution in [0, 0.1) is 0 Å². The highest BCUT2D eigenvalue weighted by atomic mass is 35.5. The summed E-state index contributed by atoms with van der Waals surface area (Å²) in [5.74, 6) is -0.171. The third-order valence-corrected chi connectivity index (χ3v) is 4.22. The summed E-state index contributed by atoms with van der Waals surface area (Å²) in [5, 5.41) is 4.50. The highest BCUT2D eigenvalue weighted by molar-refractivity contribution is 6.30. The van der Waals surface area contributed by atoms with Gasteiger partial charge in [-0.1, -0.05) is 29.8 Å². The summed E-state index contributed by atoms with van der Waals surface area (Å²) in [7, 11) is 0. The summed E-state index contributed by atoms with van der Waals surface area (Å²) in [6.45, 7) is 2.21. The number of benzene rings is 3. The number of rotatable bonds is 7. The number of hydrogen-bond acceptors (Lipinski definition) is 5. The number of ether oxygens (including phenoxy) is 2. The Bertz CT molecular complexity index is 1050. The van der Waals surface area contributed by atoms with Gasteiger partial charge in [-0.15, -0.1) is 0 Å². The molecule has 3 rings (SSSR count). The SMILES string of the molecule is CCOc1cc(/C=N/NC(=O)c2ccccc2)ccc1OC(=O)c1ccc(Cl)cc1. The number of hydrogen-bond donors (Lipinski definition) is 1. The van der Waals surface area contributed by atoms with Crippen LogP contribution in [-0.2, 0) is 0 Å². The molecule has 6 nitrogen and oxygen atoms in total. The predicted molar refractivity (Wildman–Crippen MR) is 116 cm³/mol. The number of halogens is 1. The first-order chi connectivity index (χ1) is 14.6. The van der Waals surface area contributed by atoms with E-state index in [0.717, 1.165) is 0 Å². The molecule has 30 heavy (non-hydrogen) atoms. The Hall–Kier alpha value is -3.64. The fourth-order valence-corrected chi connectivity index (χ4v) is 2.65. The fourth-order valence-electron chi connectivity index (χ4n) is 2.52. The lowest BCUT2D eigenvalue weighted by atomic mass is 10.2. The maximum atomic E-state index is 12.4. The smallest absolute Gasteiger partial charge is 0.343 e. The normalized spacial score (nSPS) is 10.6. The van der Waals surface area contributed by atoms with Crippen LogP contribution in [0.4, 0.5) is 0 Å². The van der Waals surface area contributed by atoms with Crippen molar-refractivity contribution >= 4 is 29.7 Å². The molecule has 0 fully saturated rings. The number of carbonyl (C=O) groups is 2. The fraction of sp³-hybridized carbons (Fsp3) is 0.0870. The Balaban J connectivity index is 1.70. The second kappa shape index (κ2) is 10.2. The van der Waals surface area contributed by atoms with E-state index >= 15 is 0 Å². The summed E-state index contributed by atoms with van der Waals surface area (Å²) >= 11 is 5.85. The monoisotopic (exact) mass is 422 g/mol. The van der Waals surface area contributed by atoms with Gasteiger partial charge in [0.15, 0.2) is 11.5 Å². The molecule has 0 aromatic heterocycles. The minimum absolute atomic E-state index is 0.280. The van der Waals surface area contributed by atoms with Gasteiger partial charge in [-0.3, -0.25) is 4.79 Å². The summed E-state index contributed by atoms with van der Waals surface area (Å²) in [5.41, 5.74) is 4.01. The van der Waals surface area contributed by atoms with E-state index in [1.807, 2.05) is 13.0 Å². The number of esters is 1. The first-order valence-electron chi connectivity index (χ1n) is 9.20. The van der Waals surface area contributed by atoms with Crippen molar-refractivity contribution in [3.8, 4) is 11.5 Å². The second-order valence-electron chi connectivity index (χ2n) is 6.10. The third-order valence-electron chi connectivity index (χ3n) is 3.97. The van der Waals surface area contributed by atoms with Crippen LogP contribution in [0.1, 0.15) is 33.2 Å². The molecule has 0 saturated carbocycles.